The standard InChI is InChI=1S/C20H26N4O3/c1-4-21-20(27)24-17(13-6-5-7-13)11-16(23-24)15-9-8-14(10-18(15)25)22-19(26)12(2)3/h8-13,25H,4-7H2,1-3H3,(H,21,27)(H,22,26). The SMILES string of the molecule is CCNC(=O)n1nc(-c2ccc(NC(=O)C(C)C)cc2O)cc1C1CCC1. The number of carbonyl (C=O) groups excluding carboxylic acids is 2. The minimum Gasteiger partial charge on any atom is -0.507 e. The fraction of sp³-hybridized carbons (Fsp3) is 0.450. The highest BCUT2D eigenvalue weighted by molar-refractivity contribution is 5.92. The number of phenolic OH excluding ortho intramolecular Hbond substituents is 1. The van der Waals surface area contributed by atoms with Crippen molar-refractivity contribution < 1.29 is 14.7 Å². The van der Waals surface area contributed by atoms with E-state index < -0.39 is 0 Å². The zero-order valence-corrected chi connectivity index (χ0v) is 16.0. The van der Waals surface area contributed by atoms with Gasteiger partial charge in [0.1, 0.15) is 5.75 Å². The molecule has 3 rings (SSSR count). The highest BCUT2D eigenvalue weighted by atomic mass is 16.3. The maximum absolute atomic E-state index is 12.4. The molecule has 1 aliphatic rings. The molecular weight excluding hydrogens is 344 g/mol. The number of anilines is 1. The van der Waals surface area contributed by atoms with Crippen molar-refractivity contribution in [3.05, 3.63) is 30.0 Å². The summed E-state index contributed by atoms with van der Waals surface area (Å²) in [6, 6.07) is 6.56. The van der Waals surface area contributed by atoms with Crippen molar-refractivity contribution in [3.63, 3.8) is 0 Å². The first kappa shape index (κ1) is 18.9. The number of phenols is 1. The summed E-state index contributed by atoms with van der Waals surface area (Å²) >= 11 is 0. The molecule has 0 unspecified atom stereocenters. The fourth-order valence-corrected chi connectivity index (χ4v) is 3.02. The Morgan fingerprint density at radius 3 is 2.59 bits per heavy atom. The molecule has 1 heterocycles. The van der Waals surface area contributed by atoms with Crippen LogP contribution < -0.4 is 10.6 Å². The number of amides is 2. The Morgan fingerprint density at radius 2 is 2.04 bits per heavy atom. The van der Waals surface area contributed by atoms with Crippen molar-refractivity contribution in [1.82, 2.24) is 15.1 Å². The predicted octanol–water partition coefficient (Wildman–Crippen LogP) is 3.70. The molecule has 0 atom stereocenters. The van der Waals surface area contributed by atoms with E-state index in [0.29, 0.717) is 29.4 Å². The summed E-state index contributed by atoms with van der Waals surface area (Å²) in [6.07, 6.45) is 3.23. The molecular formula is C20H26N4O3. The van der Waals surface area contributed by atoms with Crippen molar-refractivity contribution in [1.29, 1.82) is 0 Å². The molecule has 1 aliphatic carbocycles. The minimum absolute atomic E-state index is 0.0114. The predicted molar refractivity (Wildman–Crippen MR) is 104 cm³/mol. The third kappa shape index (κ3) is 3.97. The van der Waals surface area contributed by atoms with Crippen LogP contribution in [0.25, 0.3) is 11.3 Å². The van der Waals surface area contributed by atoms with Crippen LogP contribution in [0.3, 0.4) is 0 Å². The molecule has 0 spiro atoms. The third-order valence-corrected chi connectivity index (χ3v) is 4.85. The van der Waals surface area contributed by atoms with E-state index in [9.17, 15) is 14.7 Å². The van der Waals surface area contributed by atoms with Crippen molar-refractivity contribution in [2.75, 3.05) is 11.9 Å². The third-order valence-electron chi connectivity index (χ3n) is 4.85. The fourth-order valence-electron chi connectivity index (χ4n) is 3.02. The van der Waals surface area contributed by atoms with Gasteiger partial charge < -0.3 is 15.7 Å². The smallest absolute Gasteiger partial charge is 0.342 e. The second kappa shape index (κ2) is 7.82. The van der Waals surface area contributed by atoms with Gasteiger partial charge in [-0.2, -0.15) is 9.78 Å². The summed E-state index contributed by atoms with van der Waals surface area (Å²) in [5.41, 5.74) is 2.47. The average Bonchev–Trinajstić information content (AvgIpc) is 2.98. The van der Waals surface area contributed by atoms with E-state index in [2.05, 4.69) is 15.7 Å². The second-order valence-corrected chi connectivity index (χ2v) is 7.21. The topological polar surface area (TPSA) is 96.3 Å². The summed E-state index contributed by atoms with van der Waals surface area (Å²) < 4.78 is 1.41. The molecule has 0 radical (unpaired) electrons. The normalized spacial score (nSPS) is 14.1. The number of nitrogens with zero attached hydrogens (tertiary/aromatic N) is 2. The van der Waals surface area contributed by atoms with Crippen LogP contribution >= 0.6 is 0 Å². The molecule has 1 aromatic heterocycles. The van der Waals surface area contributed by atoms with E-state index in [-0.39, 0.29) is 23.6 Å². The van der Waals surface area contributed by atoms with Crippen LogP contribution in [0.5, 0.6) is 5.75 Å². The lowest BCUT2D eigenvalue weighted by atomic mass is 9.82. The molecule has 2 aromatic rings. The van der Waals surface area contributed by atoms with Gasteiger partial charge in [0.25, 0.3) is 0 Å². The summed E-state index contributed by atoms with van der Waals surface area (Å²) in [7, 11) is 0. The van der Waals surface area contributed by atoms with Gasteiger partial charge in [-0.3, -0.25) is 4.79 Å². The lowest BCUT2D eigenvalue weighted by molar-refractivity contribution is -0.118. The quantitative estimate of drug-likeness (QED) is 0.748. The Morgan fingerprint density at radius 1 is 1.30 bits per heavy atom. The van der Waals surface area contributed by atoms with Gasteiger partial charge in [-0.1, -0.05) is 20.3 Å². The van der Waals surface area contributed by atoms with Crippen molar-refractivity contribution in [3.8, 4) is 17.0 Å². The van der Waals surface area contributed by atoms with E-state index in [1.807, 2.05) is 13.0 Å². The molecule has 27 heavy (non-hydrogen) atoms. The van der Waals surface area contributed by atoms with Gasteiger partial charge in [0.15, 0.2) is 0 Å². The van der Waals surface area contributed by atoms with E-state index in [0.717, 1.165) is 25.0 Å². The van der Waals surface area contributed by atoms with E-state index in [1.165, 1.54) is 10.7 Å². The minimum atomic E-state index is -0.258. The van der Waals surface area contributed by atoms with Crippen LogP contribution in [0.15, 0.2) is 24.3 Å². The van der Waals surface area contributed by atoms with Gasteiger partial charge in [0.05, 0.1) is 11.4 Å². The molecule has 1 aromatic carbocycles. The molecule has 0 aliphatic heterocycles. The number of aromatic hydroxyl groups is 1. The highest BCUT2D eigenvalue weighted by Gasteiger charge is 2.27. The molecule has 7 nitrogen and oxygen atoms in total. The lowest BCUT2D eigenvalue weighted by Gasteiger charge is -2.25. The Balaban J connectivity index is 1.91. The van der Waals surface area contributed by atoms with E-state index >= 15 is 0 Å². The number of hydrogen-bond donors (Lipinski definition) is 3. The summed E-state index contributed by atoms with van der Waals surface area (Å²) in [5.74, 6) is 0.0671. The zero-order chi connectivity index (χ0) is 19.6. The van der Waals surface area contributed by atoms with Gasteiger partial charge in [-0.15, -0.1) is 0 Å². The summed E-state index contributed by atoms with van der Waals surface area (Å²) in [4.78, 5) is 24.2. The molecule has 7 heteroatoms. The monoisotopic (exact) mass is 370 g/mol. The van der Waals surface area contributed by atoms with Crippen LogP contribution in [0.2, 0.25) is 0 Å². The Bertz CT molecular complexity index is 853. The Hall–Kier alpha value is -2.83. The molecule has 3 N–H and O–H groups in total. The number of nitrogens with one attached hydrogen (secondary N) is 2. The molecule has 0 bridgehead atoms. The van der Waals surface area contributed by atoms with Crippen molar-refractivity contribution in [2.45, 2.75) is 46.0 Å². The first-order valence-corrected chi connectivity index (χ1v) is 9.43. The van der Waals surface area contributed by atoms with Gasteiger partial charge in [-0.25, -0.2) is 4.79 Å². The molecule has 144 valence electrons. The molecule has 1 saturated carbocycles. The number of carbonyl (C=O) groups is 2. The maximum atomic E-state index is 12.4. The van der Waals surface area contributed by atoms with Crippen LogP contribution in [-0.4, -0.2) is 33.4 Å². The lowest BCUT2D eigenvalue weighted by Crippen LogP contribution is -2.31. The highest BCUT2D eigenvalue weighted by Crippen LogP contribution is 2.39. The largest absolute Gasteiger partial charge is 0.507 e. The number of rotatable bonds is 5. The molecule has 0 saturated heterocycles. The summed E-state index contributed by atoms with van der Waals surface area (Å²) in [5, 5.41) is 20.4. The van der Waals surface area contributed by atoms with E-state index in [1.54, 1.807) is 26.0 Å². The Labute approximate surface area is 158 Å². The van der Waals surface area contributed by atoms with Crippen molar-refractivity contribution >= 4 is 17.6 Å². The van der Waals surface area contributed by atoms with Crippen LogP contribution in [0.1, 0.15) is 51.6 Å². The van der Waals surface area contributed by atoms with Crippen LogP contribution in [0.4, 0.5) is 10.5 Å². The van der Waals surface area contributed by atoms with E-state index in [4.69, 9.17) is 0 Å². The maximum Gasteiger partial charge on any atom is 0.342 e. The Kier molecular flexibility index (Phi) is 5.48. The van der Waals surface area contributed by atoms with Gasteiger partial charge in [-0.05, 0) is 38.0 Å². The molecule has 1 fully saturated rings. The molecule has 2 amide bonds. The summed E-state index contributed by atoms with van der Waals surface area (Å²) in [6.45, 7) is 5.99. The van der Waals surface area contributed by atoms with Crippen molar-refractivity contribution in [2.24, 2.45) is 5.92 Å². The zero-order valence-electron chi connectivity index (χ0n) is 16.0. The first-order chi connectivity index (χ1) is 12.9. The second-order valence-electron chi connectivity index (χ2n) is 7.21. The number of aromatic nitrogens is 2. The van der Waals surface area contributed by atoms with Crippen LogP contribution in [0, 0.1) is 5.92 Å². The van der Waals surface area contributed by atoms with Crippen LogP contribution in [-0.2, 0) is 4.79 Å². The number of hydrogen-bond acceptors (Lipinski definition) is 4. The van der Waals surface area contributed by atoms with Gasteiger partial charge in [0.2, 0.25) is 5.91 Å². The average molecular weight is 370 g/mol. The van der Waals surface area contributed by atoms with Gasteiger partial charge >= 0.3 is 6.03 Å². The van der Waals surface area contributed by atoms with Gasteiger partial charge in [0, 0.05) is 35.7 Å². The number of benzene rings is 1. The first-order valence-electron chi connectivity index (χ1n) is 9.43.